The molecule has 0 aliphatic heterocycles. The monoisotopic (exact) mass is 342 g/mol. The van der Waals surface area contributed by atoms with Gasteiger partial charge in [0.1, 0.15) is 0 Å². The Morgan fingerprint density at radius 3 is 2.21 bits per heavy atom. The first-order valence-corrected chi connectivity index (χ1v) is 8.26. The van der Waals surface area contributed by atoms with Crippen molar-refractivity contribution in [3.8, 4) is 0 Å². The first-order chi connectivity index (χ1) is 11.4. The number of carbonyl (C=O) groups excluding carboxylic acids is 2. The van der Waals surface area contributed by atoms with Crippen molar-refractivity contribution in [3.63, 3.8) is 0 Å². The van der Waals surface area contributed by atoms with Crippen LogP contribution in [0.4, 0.5) is 11.4 Å². The van der Waals surface area contributed by atoms with Crippen LogP contribution in [0.5, 0.6) is 0 Å². The Kier molecular flexibility index (Phi) is 4.58. The van der Waals surface area contributed by atoms with Gasteiger partial charge in [-0.25, -0.2) is 0 Å². The van der Waals surface area contributed by atoms with Crippen molar-refractivity contribution in [3.05, 3.63) is 58.6 Å². The minimum atomic E-state index is -0.272. The molecule has 2 N–H and O–H groups in total. The van der Waals surface area contributed by atoms with E-state index in [-0.39, 0.29) is 23.7 Å². The highest BCUT2D eigenvalue weighted by Gasteiger charge is 2.48. The molecular weight excluding hydrogens is 324 g/mol. The van der Waals surface area contributed by atoms with Crippen LogP contribution in [0.15, 0.2) is 42.5 Å². The van der Waals surface area contributed by atoms with E-state index < -0.39 is 0 Å². The molecule has 1 aliphatic rings. The molecule has 1 aliphatic carbocycles. The van der Waals surface area contributed by atoms with E-state index in [2.05, 4.69) is 10.6 Å². The second-order valence-electron chi connectivity index (χ2n) is 6.25. The van der Waals surface area contributed by atoms with Crippen molar-refractivity contribution in [2.24, 2.45) is 11.8 Å². The standard InChI is InChI=1S/C19H19ClN2O2/c1-11-3-8-17(12(2)9-11)22-19(24)16-10-15(16)18(23)21-14-6-4-13(20)5-7-14/h3-9,15-16H,10H2,1-2H3,(H,21,23)(H,22,24). The second-order valence-corrected chi connectivity index (χ2v) is 6.69. The normalized spacial score (nSPS) is 18.8. The van der Waals surface area contributed by atoms with Gasteiger partial charge in [0.15, 0.2) is 0 Å². The fourth-order valence-electron chi connectivity index (χ4n) is 2.72. The van der Waals surface area contributed by atoms with E-state index in [4.69, 9.17) is 11.6 Å². The highest BCUT2D eigenvalue weighted by Crippen LogP contribution is 2.40. The SMILES string of the molecule is Cc1ccc(NC(=O)C2CC2C(=O)Nc2ccc(Cl)cc2)c(C)c1. The molecule has 2 aromatic rings. The Balaban J connectivity index is 1.57. The molecule has 5 heteroatoms. The quantitative estimate of drug-likeness (QED) is 0.876. The smallest absolute Gasteiger partial charge is 0.228 e. The highest BCUT2D eigenvalue weighted by atomic mass is 35.5. The summed E-state index contributed by atoms with van der Waals surface area (Å²) in [6, 6.07) is 12.8. The number of nitrogens with one attached hydrogen (secondary N) is 2. The molecule has 2 aromatic carbocycles. The number of benzene rings is 2. The largest absolute Gasteiger partial charge is 0.326 e. The number of hydrogen-bond donors (Lipinski definition) is 2. The van der Waals surface area contributed by atoms with Gasteiger partial charge in [-0.2, -0.15) is 0 Å². The number of anilines is 2. The van der Waals surface area contributed by atoms with E-state index in [1.54, 1.807) is 24.3 Å². The molecular formula is C19H19ClN2O2. The summed E-state index contributed by atoms with van der Waals surface area (Å²) in [5.41, 5.74) is 3.66. The van der Waals surface area contributed by atoms with Crippen LogP contribution in [0.2, 0.25) is 5.02 Å². The van der Waals surface area contributed by atoms with Crippen LogP contribution < -0.4 is 10.6 Å². The summed E-state index contributed by atoms with van der Waals surface area (Å²) in [4.78, 5) is 24.5. The van der Waals surface area contributed by atoms with E-state index in [9.17, 15) is 9.59 Å². The molecule has 2 unspecified atom stereocenters. The van der Waals surface area contributed by atoms with E-state index in [0.717, 1.165) is 16.8 Å². The zero-order valence-corrected chi connectivity index (χ0v) is 14.4. The van der Waals surface area contributed by atoms with Crippen molar-refractivity contribution in [2.45, 2.75) is 20.3 Å². The highest BCUT2D eigenvalue weighted by molar-refractivity contribution is 6.30. The predicted octanol–water partition coefficient (Wildman–Crippen LogP) is 4.17. The number of halogens is 1. The third-order valence-corrected chi connectivity index (χ3v) is 4.47. The zero-order valence-electron chi connectivity index (χ0n) is 13.6. The number of aryl methyl sites for hydroxylation is 2. The van der Waals surface area contributed by atoms with Gasteiger partial charge in [0.05, 0.1) is 11.8 Å². The van der Waals surface area contributed by atoms with Gasteiger partial charge in [0.2, 0.25) is 11.8 Å². The molecule has 0 aromatic heterocycles. The Labute approximate surface area is 146 Å². The summed E-state index contributed by atoms with van der Waals surface area (Å²) in [5.74, 6) is -0.763. The topological polar surface area (TPSA) is 58.2 Å². The van der Waals surface area contributed by atoms with Crippen LogP contribution in [0.3, 0.4) is 0 Å². The molecule has 4 nitrogen and oxygen atoms in total. The van der Waals surface area contributed by atoms with Gasteiger partial charge >= 0.3 is 0 Å². The Hall–Kier alpha value is -2.33. The lowest BCUT2D eigenvalue weighted by molar-refractivity contribution is -0.122. The third-order valence-electron chi connectivity index (χ3n) is 4.22. The zero-order chi connectivity index (χ0) is 17.3. The minimum absolute atomic E-state index is 0.0989. The summed E-state index contributed by atoms with van der Waals surface area (Å²) in [7, 11) is 0. The van der Waals surface area contributed by atoms with Gasteiger partial charge in [0, 0.05) is 16.4 Å². The summed E-state index contributed by atoms with van der Waals surface area (Å²) in [6.45, 7) is 3.97. The molecule has 2 atom stereocenters. The van der Waals surface area contributed by atoms with Crippen LogP contribution in [0, 0.1) is 25.7 Å². The van der Waals surface area contributed by atoms with Crippen LogP contribution >= 0.6 is 11.6 Å². The lowest BCUT2D eigenvalue weighted by Crippen LogP contribution is -2.20. The molecule has 0 spiro atoms. The van der Waals surface area contributed by atoms with Crippen LogP contribution in [-0.2, 0) is 9.59 Å². The van der Waals surface area contributed by atoms with Gasteiger partial charge in [-0.1, -0.05) is 29.3 Å². The summed E-state index contributed by atoms with van der Waals surface area (Å²) < 4.78 is 0. The number of amides is 2. The van der Waals surface area contributed by atoms with E-state index in [1.165, 1.54) is 0 Å². The first-order valence-electron chi connectivity index (χ1n) is 7.88. The van der Waals surface area contributed by atoms with E-state index in [1.807, 2.05) is 32.0 Å². The molecule has 0 saturated heterocycles. The molecule has 2 amide bonds. The molecule has 0 radical (unpaired) electrons. The summed E-state index contributed by atoms with van der Waals surface area (Å²) >= 11 is 5.82. The van der Waals surface area contributed by atoms with Crippen molar-refractivity contribution < 1.29 is 9.59 Å². The Morgan fingerprint density at radius 2 is 1.58 bits per heavy atom. The predicted molar refractivity (Wildman–Crippen MR) is 96.2 cm³/mol. The van der Waals surface area contributed by atoms with Gasteiger partial charge in [-0.05, 0) is 56.2 Å². The fourth-order valence-corrected chi connectivity index (χ4v) is 2.85. The molecule has 0 bridgehead atoms. The van der Waals surface area contributed by atoms with Crippen LogP contribution in [-0.4, -0.2) is 11.8 Å². The average molecular weight is 343 g/mol. The van der Waals surface area contributed by atoms with Gasteiger partial charge in [-0.15, -0.1) is 0 Å². The maximum atomic E-state index is 12.3. The summed E-state index contributed by atoms with van der Waals surface area (Å²) in [5, 5.41) is 6.36. The van der Waals surface area contributed by atoms with Crippen LogP contribution in [0.25, 0.3) is 0 Å². The summed E-state index contributed by atoms with van der Waals surface area (Å²) in [6.07, 6.45) is 0.580. The van der Waals surface area contributed by atoms with Crippen molar-refractivity contribution in [1.29, 1.82) is 0 Å². The van der Waals surface area contributed by atoms with Gasteiger partial charge < -0.3 is 10.6 Å². The van der Waals surface area contributed by atoms with Crippen molar-refractivity contribution in [1.82, 2.24) is 0 Å². The third kappa shape index (κ3) is 3.77. The van der Waals surface area contributed by atoms with Crippen molar-refractivity contribution >= 4 is 34.8 Å². The molecule has 24 heavy (non-hydrogen) atoms. The molecule has 1 saturated carbocycles. The fraction of sp³-hybridized carbons (Fsp3) is 0.263. The van der Waals surface area contributed by atoms with Crippen LogP contribution in [0.1, 0.15) is 17.5 Å². The average Bonchev–Trinajstić information content (AvgIpc) is 3.33. The van der Waals surface area contributed by atoms with Crippen molar-refractivity contribution in [2.75, 3.05) is 10.6 Å². The Bertz CT molecular complexity index is 786. The first kappa shape index (κ1) is 16.5. The molecule has 1 fully saturated rings. The van der Waals surface area contributed by atoms with E-state index in [0.29, 0.717) is 17.1 Å². The molecule has 124 valence electrons. The lowest BCUT2D eigenvalue weighted by Gasteiger charge is -2.09. The lowest BCUT2D eigenvalue weighted by atomic mass is 10.1. The number of carbonyl (C=O) groups is 2. The maximum absolute atomic E-state index is 12.3. The van der Waals surface area contributed by atoms with E-state index >= 15 is 0 Å². The molecule has 3 rings (SSSR count). The minimum Gasteiger partial charge on any atom is -0.326 e. The van der Waals surface area contributed by atoms with Gasteiger partial charge in [0.25, 0.3) is 0 Å². The second kappa shape index (κ2) is 6.65. The molecule has 0 heterocycles. The number of hydrogen-bond acceptors (Lipinski definition) is 2. The number of rotatable bonds is 4. The van der Waals surface area contributed by atoms with Gasteiger partial charge in [-0.3, -0.25) is 9.59 Å². The Morgan fingerprint density at radius 1 is 0.958 bits per heavy atom. The maximum Gasteiger partial charge on any atom is 0.228 e.